The molecule has 1 fully saturated rings. The van der Waals surface area contributed by atoms with Crippen molar-refractivity contribution in [1.82, 2.24) is 9.80 Å². The lowest BCUT2D eigenvalue weighted by atomic mass is 10.2. The molecule has 0 N–H and O–H groups in total. The maximum atomic E-state index is 11.8. The molecule has 6 heteroatoms. The van der Waals surface area contributed by atoms with E-state index in [-0.39, 0.29) is 12.5 Å². The summed E-state index contributed by atoms with van der Waals surface area (Å²) in [5, 5.41) is 0. The minimum Gasteiger partial charge on any atom is -0.458 e. The second kappa shape index (κ2) is 4.35. The zero-order valence-electron chi connectivity index (χ0n) is 10.8. The van der Waals surface area contributed by atoms with Crippen LogP contribution >= 0.6 is 0 Å². The molecule has 1 rings (SSSR count). The zero-order valence-corrected chi connectivity index (χ0v) is 10.8. The highest BCUT2D eigenvalue weighted by molar-refractivity contribution is 6.04. The van der Waals surface area contributed by atoms with Crippen molar-refractivity contribution in [2.24, 2.45) is 0 Å². The summed E-state index contributed by atoms with van der Waals surface area (Å²) >= 11 is 0. The van der Waals surface area contributed by atoms with Crippen molar-refractivity contribution in [2.45, 2.75) is 39.3 Å². The summed E-state index contributed by atoms with van der Waals surface area (Å²) in [5.41, 5.74) is -0.636. The second-order valence-corrected chi connectivity index (χ2v) is 5.11. The van der Waals surface area contributed by atoms with Crippen LogP contribution < -0.4 is 0 Å². The third-order valence-electron chi connectivity index (χ3n) is 2.31. The molecular weight excluding hydrogens is 224 g/mol. The van der Waals surface area contributed by atoms with Crippen molar-refractivity contribution in [3.05, 3.63) is 0 Å². The Bertz CT molecular complexity index is 359. The van der Waals surface area contributed by atoms with Gasteiger partial charge in [-0.15, -0.1) is 0 Å². The minimum atomic E-state index is -0.890. The van der Waals surface area contributed by atoms with Crippen LogP contribution in [0.3, 0.4) is 0 Å². The number of carbonyl (C=O) groups is 3. The van der Waals surface area contributed by atoms with Gasteiger partial charge in [0, 0.05) is 7.05 Å². The lowest BCUT2D eigenvalue weighted by Gasteiger charge is -2.25. The smallest absolute Gasteiger partial charge is 0.329 e. The van der Waals surface area contributed by atoms with Gasteiger partial charge in [0.05, 0.1) is 0 Å². The molecule has 1 atom stereocenters. The summed E-state index contributed by atoms with van der Waals surface area (Å²) in [4.78, 5) is 37.2. The molecule has 0 aromatic heterocycles. The van der Waals surface area contributed by atoms with Crippen molar-refractivity contribution in [2.75, 3.05) is 13.6 Å². The van der Waals surface area contributed by atoms with Gasteiger partial charge >= 0.3 is 12.0 Å². The SMILES string of the molecule is CC(C(=O)OC(C)(C)C)N1C(=O)CN(C)C1=O. The van der Waals surface area contributed by atoms with Crippen LogP contribution in [-0.2, 0) is 14.3 Å². The monoisotopic (exact) mass is 242 g/mol. The largest absolute Gasteiger partial charge is 0.458 e. The standard InChI is InChI=1S/C11H18N2O4/c1-7(9(15)17-11(2,3)4)13-8(14)6-12(5)10(13)16/h7H,6H2,1-5H3. The third kappa shape index (κ3) is 2.95. The molecule has 6 nitrogen and oxygen atoms in total. The van der Waals surface area contributed by atoms with Crippen LogP contribution in [0.25, 0.3) is 0 Å². The summed E-state index contributed by atoms with van der Waals surface area (Å²) < 4.78 is 5.14. The van der Waals surface area contributed by atoms with Gasteiger partial charge in [0.2, 0.25) is 0 Å². The fourth-order valence-electron chi connectivity index (χ4n) is 1.51. The van der Waals surface area contributed by atoms with E-state index in [0.717, 1.165) is 4.90 Å². The van der Waals surface area contributed by atoms with Crippen molar-refractivity contribution in [1.29, 1.82) is 0 Å². The molecule has 96 valence electrons. The molecule has 3 amide bonds. The van der Waals surface area contributed by atoms with Gasteiger partial charge < -0.3 is 9.64 Å². The van der Waals surface area contributed by atoms with Gasteiger partial charge in [-0.1, -0.05) is 0 Å². The van der Waals surface area contributed by atoms with Crippen LogP contribution in [0, 0.1) is 0 Å². The third-order valence-corrected chi connectivity index (χ3v) is 2.31. The van der Waals surface area contributed by atoms with Gasteiger partial charge in [-0.3, -0.25) is 4.79 Å². The van der Waals surface area contributed by atoms with Crippen LogP contribution in [-0.4, -0.2) is 52.9 Å². The number of imide groups is 1. The molecule has 17 heavy (non-hydrogen) atoms. The van der Waals surface area contributed by atoms with Gasteiger partial charge in [-0.25, -0.2) is 14.5 Å². The average molecular weight is 242 g/mol. The minimum absolute atomic E-state index is 0.00592. The van der Waals surface area contributed by atoms with Crippen molar-refractivity contribution >= 4 is 17.9 Å². The van der Waals surface area contributed by atoms with Gasteiger partial charge in [-0.2, -0.15) is 0 Å². The van der Waals surface area contributed by atoms with Crippen molar-refractivity contribution in [3.63, 3.8) is 0 Å². The van der Waals surface area contributed by atoms with Crippen LogP contribution in [0.2, 0.25) is 0 Å². The number of amides is 3. The molecule has 0 aromatic carbocycles. The number of rotatable bonds is 2. The molecule has 0 aromatic rings. The molecule has 1 saturated heterocycles. The zero-order chi connectivity index (χ0) is 13.4. The summed E-state index contributed by atoms with van der Waals surface area (Å²) in [5.74, 6) is -0.953. The first-order chi connectivity index (χ1) is 7.63. The Morgan fingerprint density at radius 2 is 1.88 bits per heavy atom. The molecule has 0 bridgehead atoms. The lowest BCUT2D eigenvalue weighted by Crippen LogP contribution is -2.46. The number of nitrogens with zero attached hydrogens (tertiary/aromatic N) is 2. The highest BCUT2D eigenvalue weighted by atomic mass is 16.6. The Morgan fingerprint density at radius 1 is 1.35 bits per heavy atom. The normalized spacial score (nSPS) is 18.6. The molecule has 0 aliphatic carbocycles. The number of ether oxygens (including phenoxy) is 1. The first-order valence-electron chi connectivity index (χ1n) is 5.43. The predicted molar refractivity (Wildman–Crippen MR) is 60.2 cm³/mol. The fourth-order valence-corrected chi connectivity index (χ4v) is 1.51. The molecule has 1 aliphatic rings. The Labute approximate surface area is 101 Å². The number of likely N-dealkylation sites (N-methyl/N-ethyl adjacent to an activating group) is 1. The number of esters is 1. The Hall–Kier alpha value is -1.59. The molecule has 0 spiro atoms. The van der Waals surface area contributed by atoms with Gasteiger partial charge in [0.15, 0.2) is 0 Å². The molecule has 1 heterocycles. The maximum Gasteiger partial charge on any atom is 0.329 e. The summed E-state index contributed by atoms with van der Waals surface area (Å²) in [6.07, 6.45) is 0. The number of hydrogen-bond donors (Lipinski definition) is 0. The number of urea groups is 1. The molecule has 0 radical (unpaired) electrons. The Balaban J connectivity index is 2.77. The van der Waals surface area contributed by atoms with E-state index in [4.69, 9.17) is 4.74 Å². The van der Waals surface area contributed by atoms with Crippen molar-refractivity contribution in [3.8, 4) is 0 Å². The van der Waals surface area contributed by atoms with Gasteiger partial charge in [0.25, 0.3) is 5.91 Å². The Kier molecular flexibility index (Phi) is 3.45. The van der Waals surface area contributed by atoms with E-state index in [1.165, 1.54) is 18.9 Å². The first kappa shape index (κ1) is 13.5. The van der Waals surface area contributed by atoms with Gasteiger partial charge in [0.1, 0.15) is 18.2 Å². The van der Waals surface area contributed by atoms with E-state index in [0.29, 0.717) is 0 Å². The van der Waals surface area contributed by atoms with E-state index in [2.05, 4.69) is 0 Å². The highest BCUT2D eigenvalue weighted by Crippen LogP contribution is 2.16. The Morgan fingerprint density at radius 3 is 2.24 bits per heavy atom. The second-order valence-electron chi connectivity index (χ2n) is 5.11. The van der Waals surface area contributed by atoms with Gasteiger partial charge in [-0.05, 0) is 27.7 Å². The molecule has 0 saturated carbocycles. The van der Waals surface area contributed by atoms with E-state index >= 15 is 0 Å². The first-order valence-corrected chi connectivity index (χ1v) is 5.43. The maximum absolute atomic E-state index is 11.8. The average Bonchev–Trinajstić information content (AvgIpc) is 2.37. The van der Waals surface area contributed by atoms with E-state index in [1.807, 2.05) is 0 Å². The summed E-state index contributed by atoms with van der Waals surface area (Å²) in [6, 6.07) is -1.35. The number of hydrogen-bond acceptors (Lipinski definition) is 4. The van der Waals surface area contributed by atoms with Crippen molar-refractivity contribution < 1.29 is 19.1 Å². The summed E-state index contributed by atoms with van der Waals surface area (Å²) in [6.45, 7) is 6.70. The van der Waals surface area contributed by atoms with Crippen LogP contribution in [0.15, 0.2) is 0 Å². The lowest BCUT2D eigenvalue weighted by molar-refractivity contribution is -0.161. The quantitative estimate of drug-likeness (QED) is 0.525. The van der Waals surface area contributed by atoms with E-state index in [9.17, 15) is 14.4 Å². The molecule has 1 aliphatic heterocycles. The van der Waals surface area contributed by atoms with Crippen LogP contribution in [0.5, 0.6) is 0 Å². The fraction of sp³-hybridized carbons (Fsp3) is 0.727. The van der Waals surface area contributed by atoms with Crippen LogP contribution in [0.4, 0.5) is 4.79 Å². The van der Waals surface area contributed by atoms with E-state index < -0.39 is 23.6 Å². The summed E-state index contributed by atoms with van der Waals surface area (Å²) in [7, 11) is 1.52. The molecular formula is C11H18N2O4. The molecule has 1 unspecified atom stereocenters. The van der Waals surface area contributed by atoms with Crippen LogP contribution in [0.1, 0.15) is 27.7 Å². The predicted octanol–water partition coefficient (Wildman–Crippen LogP) is 0.611. The number of carbonyl (C=O) groups excluding carboxylic acids is 3. The van der Waals surface area contributed by atoms with E-state index in [1.54, 1.807) is 20.8 Å². The topological polar surface area (TPSA) is 66.9 Å². The highest BCUT2D eigenvalue weighted by Gasteiger charge is 2.41.